The lowest BCUT2D eigenvalue weighted by molar-refractivity contribution is -0.121. The summed E-state index contributed by atoms with van der Waals surface area (Å²) in [5, 5.41) is 10.5. The van der Waals surface area contributed by atoms with Gasteiger partial charge in [0, 0.05) is 47.3 Å². The zero-order valence-electron chi connectivity index (χ0n) is 28.2. The number of para-hydroxylation sites is 1. The summed E-state index contributed by atoms with van der Waals surface area (Å²) in [5.41, 5.74) is 3.10. The van der Waals surface area contributed by atoms with Crippen LogP contribution in [0.15, 0.2) is 97.2 Å². The average Bonchev–Trinajstić information content (AvgIpc) is 3.54. The van der Waals surface area contributed by atoms with Crippen molar-refractivity contribution in [1.82, 2.24) is 25.3 Å². The number of hydrogen-bond acceptors (Lipinski definition) is 6. The summed E-state index contributed by atoms with van der Waals surface area (Å²) in [5.74, 6) is -1.41. The summed E-state index contributed by atoms with van der Waals surface area (Å²) in [6, 6.07) is 21.1. The SMILES string of the molecule is C=C(C(=O)NCc1cccc([C@@H]2c3cnn(-c4ccccc4)c3N(CC)C(=O)[C@H]2NC(=O)c2cccc(C(F)F)c2)c1)C(C)N(C)C1COC1. The molecule has 4 aromatic rings. The fourth-order valence-electron chi connectivity index (χ4n) is 6.46. The molecular formula is C38H40F2N6O4. The first-order valence-electron chi connectivity index (χ1n) is 16.6. The molecule has 1 saturated heterocycles. The zero-order chi connectivity index (χ0) is 35.5. The molecule has 1 fully saturated rings. The van der Waals surface area contributed by atoms with Crippen LogP contribution in [0, 0.1) is 0 Å². The molecule has 50 heavy (non-hydrogen) atoms. The van der Waals surface area contributed by atoms with E-state index in [1.807, 2.05) is 75.5 Å². The van der Waals surface area contributed by atoms with Crippen molar-refractivity contribution in [2.45, 2.75) is 50.9 Å². The third-order valence-corrected chi connectivity index (χ3v) is 9.60. The summed E-state index contributed by atoms with van der Waals surface area (Å²) in [4.78, 5) is 44.8. The van der Waals surface area contributed by atoms with E-state index in [0.29, 0.717) is 42.3 Å². The molecule has 3 atom stereocenters. The first-order valence-corrected chi connectivity index (χ1v) is 16.6. The molecule has 260 valence electrons. The molecule has 2 aliphatic heterocycles. The van der Waals surface area contributed by atoms with Gasteiger partial charge in [0.05, 0.1) is 31.1 Å². The number of alkyl halides is 2. The van der Waals surface area contributed by atoms with Crippen molar-refractivity contribution in [3.63, 3.8) is 0 Å². The second-order valence-electron chi connectivity index (χ2n) is 12.6. The van der Waals surface area contributed by atoms with E-state index < -0.39 is 24.3 Å². The van der Waals surface area contributed by atoms with E-state index >= 15 is 0 Å². The number of aromatic nitrogens is 2. The predicted octanol–water partition coefficient (Wildman–Crippen LogP) is 5.00. The van der Waals surface area contributed by atoms with Gasteiger partial charge in [0.1, 0.15) is 11.9 Å². The summed E-state index contributed by atoms with van der Waals surface area (Å²) in [7, 11) is 1.95. The molecular weight excluding hydrogens is 642 g/mol. The van der Waals surface area contributed by atoms with Crippen LogP contribution in [0.3, 0.4) is 0 Å². The van der Waals surface area contributed by atoms with Gasteiger partial charge < -0.3 is 15.4 Å². The summed E-state index contributed by atoms with van der Waals surface area (Å²) in [6.45, 7) is 9.56. The molecule has 3 amide bonds. The minimum absolute atomic E-state index is 0.0181. The Labute approximate surface area is 289 Å². The van der Waals surface area contributed by atoms with Gasteiger partial charge in [-0.15, -0.1) is 0 Å². The van der Waals surface area contributed by atoms with Crippen LogP contribution in [0.4, 0.5) is 14.6 Å². The highest BCUT2D eigenvalue weighted by Crippen LogP contribution is 2.41. The second kappa shape index (κ2) is 14.7. The van der Waals surface area contributed by atoms with E-state index in [1.54, 1.807) is 15.8 Å². The monoisotopic (exact) mass is 682 g/mol. The Balaban J connectivity index is 1.33. The highest BCUT2D eigenvalue weighted by Gasteiger charge is 2.44. The van der Waals surface area contributed by atoms with E-state index in [-0.39, 0.29) is 41.6 Å². The number of carbonyl (C=O) groups excluding carboxylic acids is 3. The molecule has 1 unspecified atom stereocenters. The largest absolute Gasteiger partial charge is 0.378 e. The molecule has 12 heteroatoms. The normalized spacial score (nSPS) is 18.1. The van der Waals surface area contributed by atoms with Gasteiger partial charge in [-0.1, -0.05) is 61.2 Å². The topological polar surface area (TPSA) is 109 Å². The number of rotatable bonds is 12. The van der Waals surface area contributed by atoms with Crippen LogP contribution in [0.5, 0.6) is 0 Å². The molecule has 6 rings (SSSR count). The van der Waals surface area contributed by atoms with Crippen LogP contribution < -0.4 is 15.5 Å². The maximum atomic E-state index is 14.4. The number of nitrogens with one attached hydrogen (secondary N) is 2. The lowest BCUT2D eigenvalue weighted by atomic mass is 9.81. The summed E-state index contributed by atoms with van der Waals surface area (Å²) in [6.07, 6.45) is -1.06. The predicted molar refractivity (Wildman–Crippen MR) is 185 cm³/mol. The van der Waals surface area contributed by atoms with E-state index in [2.05, 4.69) is 27.2 Å². The lowest BCUT2D eigenvalue weighted by Gasteiger charge is -2.38. The van der Waals surface area contributed by atoms with Gasteiger partial charge in [-0.3, -0.25) is 24.2 Å². The van der Waals surface area contributed by atoms with Gasteiger partial charge in [0.25, 0.3) is 18.2 Å². The van der Waals surface area contributed by atoms with Crippen LogP contribution in [-0.4, -0.2) is 77.3 Å². The van der Waals surface area contributed by atoms with Crippen molar-refractivity contribution in [2.24, 2.45) is 0 Å². The van der Waals surface area contributed by atoms with E-state index in [1.165, 1.54) is 18.2 Å². The Morgan fingerprint density at radius 3 is 2.48 bits per heavy atom. The number of likely N-dealkylation sites (N-methyl/N-ethyl adjacent to an activating group) is 2. The molecule has 0 aliphatic carbocycles. The van der Waals surface area contributed by atoms with Gasteiger partial charge in [-0.25, -0.2) is 13.5 Å². The maximum Gasteiger partial charge on any atom is 0.263 e. The van der Waals surface area contributed by atoms with Crippen LogP contribution >= 0.6 is 0 Å². The average molecular weight is 683 g/mol. The van der Waals surface area contributed by atoms with E-state index in [9.17, 15) is 23.2 Å². The minimum atomic E-state index is -2.75. The molecule has 10 nitrogen and oxygen atoms in total. The van der Waals surface area contributed by atoms with E-state index in [4.69, 9.17) is 4.74 Å². The number of fused-ring (bicyclic) bond motifs is 1. The fourth-order valence-corrected chi connectivity index (χ4v) is 6.46. The van der Waals surface area contributed by atoms with Gasteiger partial charge in [0.15, 0.2) is 0 Å². The molecule has 3 aromatic carbocycles. The minimum Gasteiger partial charge on any atom is -0.378 e. The van der Waals surface area contributed by atoms with Crippen molar-refractivity contribution in [3.05, 3.63) is 125 Å². The number of amides is 3. The van der Waals surface area contributed by atoms with Crippen LogP contribution in [0.2, 0.25) is 0 Å². The number of nitrogens with zero attached hydrogens (tertiary/aromatic N) is 4. The van der Waals surface area contributed by atoms with E-state index in [0.717, 1.165) is 17.3 Å². The van der Waals surface area contributed by atoms with Gasteiger partial charge in [-0.05, 0) is 56.3 Å². The van der Waals surface area contributed by atoms with Crippen molar-refractivity contribution in [3.8, 4) is 5.69 Å². The third-order valence-electron chi connectivity index (χ3n) is 9.60. The quantitative estimate of drug-likeness (QED) is 0.204. The Morgan fingerprint density at radius 2 is 1.80 bits per heavy atom. The highest BCUT2D eigenvalue weighted by atomic mass is 19.3. The van der Waals surface area contributed by atoms with Crippen molar-refractivity contribution in [1.29, 1.82) is 0 Å². The van der Waals surface area contributed by atoms with Crippen LogP contribution in [0.1, 0.15) is 58.8 Å². The van der Waals surface area contributed by atoms with Gasteiger partial charge >= 0.3 is 0 Å². The van der Waals surface area contributed by atoms with Gasteiger partial charge in [-0.2, -0.15) is 5.10 Å². The zero-order valence-corrected chi connectivity index (χ0v) is 28.2. The van der Waals surface area contributed by atoms with Crippen LogP contribution in [0.25, 0.3) is 5.69 Å². The molecule has 0 spiro atoms. The number of anilines is 1. The number of halogens is 2. The molecule has 2 N–H and O–H groups in total. The standard InChI is InChI=1S/C38H40F2N6O4/c1-5-45-37-31(20-42-46(37)29-15-7-6-8-16-29)32(33(38(45)49)43-36(48)28-14-10-13-27(18-28)34(39)40)26-12-9-11-25(17-26)19-41-35(47)23(2)24(3)44(4)30-21-50-22-30/h6-18,20,24,30,32-34H,2,5,19,21-22H2,1,3-4H3,(H,41,47)(H,43,48)/t24?,32-,33+/m1/s1. The number of carbonyl (C=O) groups is 3. The Kier molecular flexibility index (Phi) is 10.2. The van der Waals surface area contributed by atoms with Gasteiger partial charge in [0.2, 0.25) is 5.91 Å². The Bertz CT molecular complexity index is 1890. The molecule has 0 bridgehead atoms. The summed E-state index contributed by atoms with van der Waals surface area (Å²) >= 11 is 0. The third kappa shape index (κ3) is 6.81. The first kappa shape index (κ1) is 34.7. The number of hydrogen-bond donors (Lipinski definition) is 2. The summed E-state index contributed by atoms with van der Waals surface area (Å²) < 4.78 is 34.0. The molecule has 0 radical (unpaired) electrons. The van der Waals surface area contributed by atoms with Crippen LogP contribution in [-0.2, 0) is 20.9 Å². The van der Waals surface area contributed by atoms with Crippen molar-refractivity contribution >= 4 is 23.5 Å². The highest BCUT2D eigenvalue weighted by molar-refractivity contribution is 6.05. The van der Waals surface area contributed by atoms with Crippen molar-refractivity contribution < 1.29 is 27.9 Å². The van der Waals surface area contributed by atoms with Crippen molar-refractivity contribution in [2.75, 3.05) is 31.7 Å². The fraction of sp³-hybridized carbons (Fsp3) is 0.316. The first-order chi connectivity index (χ1) is 24.1. The second-order valence-corrected chi connectivity index (χ2v) is 12.6. The molecule has 1 aromatic heterocycles. The molecule has 0 saturated carbocycles. The maximum absolute atomic E-state index is 14.4. The smallest absolute Gasteiger partial charge is 0.263 e. The number of ether oxygens (including phenoxy) is 1. The number of benzene rings is 3. The molecule has 2 aliphatic rings. The Morgan fingerprint density at radius 1 is 1.06 bits per heavy atom. The molecule has 3 heterocycles. The Hall–Kier alpha value is -5.20. The lowest BCUT2D eigenvalue weighted by Crippen LogP contribution is -2.55.